The number of ketones is 1. The van der Waals surface area contributed by atoms with Crippen LogP contribution in [0, 0.1) is 5.82 Å². The van der Waals surface area contributed by atoms with Gasteiger partial charge in [-0.25, -0.2) is 24.3 Å². The van der Waals surface area contributed by atoms with E-state index in [1.807, 2.05) is 12.1 Å². The molecular formula is C24H25ClFN9O. The molecule has 1 aliphatic heterocycles. The van der Waals surface area contributed by atoms with Crippen molar-refractivity contribution in [2.75, 3.05) is 36.4 Å². The van der Waals surface area contributed by atoms with Gasteiger partial charge in [0, 0.05) is 33.1 Å². The van der Waals surface area contributed by atoms with E-state index in [1.165, 1.54) is 6.92 Å². The summed E-state index contributed by atoms with van der Waals surface area (Å²) in [5.41, 5.74) is 2.36. The van der Waals surface area contributed by atoms with E-state index in [1.54, 1.807) is 23.0 Å². The van der Waals surface area contributed by atoms with E-state index in [2.05, 4.69) is 40.6 Å². The molecule has 2 fully saturated rings. The van der Waals surface area contributed by atoms with Gasteiger partial charge in [-0.05, 0) is 37.1 Å². The molecule has 1 aliphatic carbocycles. The van der Waals surface area contributed by atoms with Gasteiger partial charge < -0.3 is 15.5 Å². The molecular weight excluding hydrogens is 485 g/mol. The molecule has 0 atom stereocenters. The zero-order valence-electron chi connectivity index (χ0n) is 19.6. The lowest BCUT2D eigenvalue weighted by Gasteiger charge is -2.29. The maximum Gasteiger partial charge on any atom is 0.229 e. The lowest BCUT2D eigenvalue weighted by atomic mass is 10.1. The molecule has 2 aliphatic rings. The number of hydrogen-bond acceptors (Lipinski definition) is 9. The number of piperazine rings is 1. The van der Waals surface area contributed by atoms with E-state index >= 15 is 0 Å². The molecule has 6 rings (SSSR count). The molecule has 4 aromatic heterocycles. The molecule has 0 spiro atoms. The van der Waals surface area contributed by atoms with E-state index in [-0.39, 0.29) is 35.9 Å². The van der Waals surface area contributed by atoms with Crippen LogP contribution in [-0.2, 0) is 0 Å². The summed E-state index contributed by atoms with van der Waals surface area (Å²) in [6.45, 7) is 5.29. The average molecular weight is 510 g/mol. The summed E-state index contributed by atoms with van der Waals surface area (Å²) in [7, 11) is 0. The standard InChI is InChI=1S/C24H24FN9O.ClH/c1-14(35)22-17-5-6-19(29-23(17)32-34(22)15-2-3-15)21-18(25)13-28-24(31-21)30-20-7-4-16(12-27-20)33-10-8-26-9-11-33;/h4-7,12-13,15,26H,2-3,8-11H2,1H3,(H,27,28,30,31);1H. The van der Waals surface area contributed by atoms with Crippen molar-refractivity contribution in [3.63, 3.8) is 0 Å². The minimum absolute atomic E-state index is 0. The third-order valence-electron chi connectivity index (χ3n) is 6.24. The van der Waals surface area contributed by atoms with Crippen LogP contribution in [0.25, 0.3) is 22.4 Å². The van der Waals surface area contributed by atoms with Crippen LogP contribution in [0.15, 0.2) is 36.7 Å². The van der Waals surface area contributed by atoms with Crippen LogP contribution in [0.5, 0.6) is 0 Å². The quantitative estimate of drug-likeness (QED) is 0.377. The normalized spacial score (nSPS) is 15.6. The van der Waals surface area contributed by atoms with Gasteiger partial charge in [0.2, 0.25) is 5.95 Å². The second-order valence-corrected chi connectivity index (χ2v) is 8.80. The predicted octanol–water partition coefficient (Wildman–Crippen LogP) is 3.53. The summed E-state index contributed by atoms with van der Waals surface area (Å²) < 4.78 is 16.5. The summed E-state index contributed by atoms with van der Waals surface area (Å²) in [5, 5.41) is 11.6. The van der Waals surface area contributed by atoms with Crippen molar-refractivity contribution >= 4 is 46.7 Å². The Labute approximate surface area is 212 Å². The van der Waals surface area contributed by atoms with E-state index in [9.17, 15) is 9.18 Å². The number of pyridine rings is 2. The van der Waals surface area contributed by atoms with E-state index in [0.29, 0.717) is 28.2 Å². The first-order valence-electron chi connectivity index (χ1n) is 11.7. The van der Waals surface area contributed by atoms with Crippen molar-refractivity contribution in [2.24, 2.45) is 0 Å². The highest BCUT2D eigenvalue weighted by Gasteiger charge is 2.30. The zero-order chi connectivity index (χ0) is 23.9. The Kier molecular flexibility index (Phi) is 6.50. The van der Waals surface area contributed by atoms with Crippen LogP contribution < -0.4 is 15.5 Å². The summed E-state index contributed by atoms with van der Waals surface area (Å²) in [4.78, 5) is 31.9. The number of Topliss-reactive ketones (excluding diaryl/α,β-unsaturated/α-hetero) is 1. The van der Waals surface area contributed by atoms with Gasteiger partial charge in [0.05, 0.1) is 35.2 Å². The fourth-order valence-electron chi connectivity index (χ4n) is 4.34. The number of rotatable bonds is 6. The third-order valence-corrected chi connectivity index (χ3v) is 6.24. The Morgan fingerprint density at radius 1 is 1.08 bits per heavy atom. The number of aromatic nitrogens is 6. The Morgan fingerprint density at radius 2 is 1.89 bits per heavy atom. The van der Waals surface area contributed by atoms with E-state index < -0.39 is 5.82 Å². The van der Waals surface area contributed by atoms with Crippen molar-refractivity contribution in [3.8, 4) is 11.4 Å². The predicted molar refractivity (Wildman–Crippen MR) is 137 cm³/mol. The Balaban J connectivity index is 0.00000267. The van der Waals surface area contributed by atoms with Gasteiger partial charge >= 0.3 is 0 Å². The molecule has 1 saturated carbocycles. The number of halogens is 2. The summed E-state index contributed by atoms with van der Waals surface area (Å²) in [6, 6.07) is 7.48. The van der Waals surface area contributed by atoms with Gasteiger partial charge in [-0.1, -0.05) is 0 Å². The van der Waals surface area contributed by atoms with Gasteiger partial charge in [0.1, 0.15) is 17.2 Å². The van der Waals surface area contributed by atoms with Gasteiger partial charge in [0.25, 0.3) is 0 Å². The average Bonchev–Trinajstić information content (AvgIpc) is 3.65. The molecule has 0 bridgehead atoms. The van der Waals surface area contributed by atoms with E-state index in [4.69, 9.17) is 0 Å². The van der Waals surface area contributed by atoms with Gasteiger partial charge in [-0.2, -0.15) is 5.10 Å². The van der Waals surface area contributed by atoms with Crippen LogP contribution >= 0.6 is 12.4 Å². The largest absolute Gasteiger partial charge is 0.368 e. The molecule has 1 saturated heterocycles. The molecule has 0 unspecified atom stereocenters. The topological polar surface area (TPSA) is 114 Å². The lowest BCUT2D eigenvalue weighted by Crippen LogP contribution is -2.43. The minimum Gasteiger partial charge on any atom is -0.368 e. The van der Waals surface area contributed by atoms with Crippen molar-refractivity contribution in [3.05, 3.63) is 48.2 Å². The van der Waals surface area contributed by atoms with Crippen LogP contribution in [-0.4, -0.2) is 61.7 Å². The highest BCUT2D eigenvalue weighted by molar-refractivity contribution is 6.04. The molecule has 0 radical (unpaired) electrons. The van der Waals surface area contributed by atoms with Gasteiger partial charge in [0.15, 0.2) is 17.2 Å². The monoisotopic (exact) mass is 509 g/mol. The highest BCUT2D eigenvalue weighted by atomic mass is 35.5. The first-order valence-corrected chi connectivity index (χ1v) is 11.7. The Bertz CT molecular complexity index is 1420. The molecule has 36 heavy (non-hydrogen) atoms. The summed E-state index contributed by atoms with van der Waals surface area (Å²) in [6.07, 6.45) is 4.88. The number of carbonyl (C=O) groups is 1. The number of hydrogen-bond donors (Lipinski definition) is 2. The molecule has 4 aromatic rings. The number of anilines is 3. The number of nitrogens with one attached hydrogen (secondary N) is 2. The minimum atomic E-state index is -0.599. The van der Waals surface area contributed by atoms with Crippen LogP contribution in [0.4, 0.5) is 21.8 Å². The number of fused-ring (bicyclic) bond motifs is 1. The van der Waals surface area contributed by atoms with Crippen molar-refractivity contribution in [1.29, 1.82) is 0 Å². The maximum absolute atomic E-state index is 14.7. The Hall–Kier alpha value is -3.70. The summed E-state index contributed by atoms with van der Waals surface area (Å²) in [5.74, 6) is 0.0970. The Morgan fingerprint density at radius 3 is 2.58 bits per heavy atom. The number of nitrogens with zero attached hydrogens (tertiary/aromatic N) is 7. The highest BCUT2D eigenvalue weighted by Crippen LogP contribution is 2.37. The molecule has 10 nitrogen and oxygen atoms in total. The van der Waals surface area contributed by atoms with Gasteiger partial charge in [-0.15, -0.1) is 12.4 Å². The van der Waals surface area contributed by atoms with Crippen LogP contribution in [0.1, 0.15) is 36.3 Å². The van der Waals surface area contributed by atoms with Crippen LogP contribution in [0.2, 0.25) is 0 Å². The SMILES string of the molecule is CC(=O)c1c2ccc(-c3nc(Nc4ccc(N5CCNCC5)cn4)ncc3F)nc2nn1C1CC1.Cl. The number of carbonyl (C=O) groups excluding carboxylic acids is 1. The lowest BCUT2D eigenvalue weighted by molar-refractivity contribution is 0.100. The van der Waals surface area contributed by atoms with Gasteiger partial charge in [-0.3, -0.25) is 9.48 Å². The van der Waals surface area contributed by atoms with Crippen molar-refractivity contribution in [2.45, 2.75) is 25.8 Å². The molecule has 0 aromatic carbocycles. The first-order chi connectivity index (χ1) is 17.1. The second-order valence-electron chi connectivity index (χ2n) is 8.80. The zero-order valence-corrected chi connectivity index (χ0v) is 20.4. The molecule has 0 amide bonds. The molecule has 186 valence electrons. The molecule has 2 N–H and O–H groups in total. The van der Waals surface area contributed by atoms with Crippen molar-refractivity contribution < 1.29 is 9.18 Å². The molecule has 12 heteroatoms. The summed E-state index contributed by atoms with van der Waals surface area (Å²) >= 11 is 0. The smallest absolute Gasteiger partial charge is 0.229 e. The maximum atomic E-state index is 14.7. The van der Waals surface area contributed by atoms with E-state index in [0.717, 1.165) is 50.9 Å². The van der Waals surface area contributed by atoms with Crippen LogP contribution in [0.3, 0.4) is 0 Å². The second kappa shape index (κ2) is 9.75. The third kappa shape index (κ3) is 4.59. The van der Waals surface area contributed by atoms with Crippen molar-refractivity contribution in [1.82, 2.24) is 35.0 Å². The first kappa shape index (κ1) is 24.0. The fraction of sp³-hybridized carbons (Fsp3) is 0.333. The fourth-order valence-corrected chi connectivity index (χ4v) is 4.34. The molecule has 5 heterocycles.